The zero-order chi connectivity index (χ0) is 13.8. The van der Waals surface area contributed by atoms with Crippen LogP contribution in [0.3, 0.4) is 0 Å². The van der Waals surface area contributed by atoms with Gasteiger partial charge < -0.3 is 16.0 Å². The van der Waals surface area contributed by atoms with Crippen molar-refractivity contribution < 1.29 is 4.39 Å². The van der Waals surface area contributed by atoms with E-state index in [2.05, 4.69) is 17.3 Å². The number of halogens is 1. The number of nitrogens with zero attached hydrogens (tertiary/aromatic N) is 1. The number of nitrogens with one attached hydrogen (secondary N) is 1. The zero-order valence-corrected chi connectivity index (χ0v) is 12.0. The number of benzene rings is 1. The van der Waals surface area contributed by atoms with Gasteiger partial charge in [-0.2, -0.15) is 0 Å². The van der Waals surface area contributed by atoms with E-state index < -0.39 is 0 Å². The average Bonchev–Trinajstić information content (AvgIpc) is 2.39. The van der Waals surface area contributed by atoms with Gasteiger partial charge in [-0.15, -0.1) is 0 Å². The summed E-state index contributed by atoms with van der Waals surface area (Å²) < 4.78 is 13.9. The van der Waals surface area contributed by atoms with Gasteiger partial charge in [-0.1, -0.05) is 18.6 Å². The van der Waals surface area contributed by atoms with Crippen LogP contribution in [0.4, 0.5) is 10.1 Å². The Morgan fingerprint density at radius 3 is 2.95 bits per heavy atom. The van der Waals surface area contributed by atoms with Crippen molar-refractivity contribution in [1.29, 1.82) is 0 Å². The number of hydrogen-bond acceptors (Lipinski definition) is 3. The Morgan fingerprint density at radius 2 is 2.32 bits per heavy atom. The minimum absolute atomic E-state index is 0.220. The van der Waals surface area contributed by atoms with Crippen molar-refractivity contribution in [3.63, 3.8) is 0 Å². The molecule has 1 atom stereocenters. The Bertz CT molecular complexity index is 464. The molecule has 0 bridgehead atoms. The van der Waals surface area contributed by atoms with E-state index in [4.69, 9.17) is 18.0 Å². The van der Waals surface area contributed by atoms with Gasteiger partial charge in [-0.05, 0) is 44.6 Å². The number of likely N-dealkylation sites (N-methyl/N-ethyl adjacent to an activating group) is 1. The Balaban J connectivity index is 1.97. The lowest BCUT2D eigenvalue weighted by molar-refractivity contribution is 0.194. The summed E-state index contributed by atoms with van der Waals surface area (Å²) >= 11 is 4.83. The summed E-state index contributed by atoms with van der Waals surface area (Å²) in [5.74, 6) is -0.302. The summed E-state index contributed by atoms with van der Waals surface area (Å²) in [6.45, 7) is 1.88. The fourth-order valence-corrected chi connectivity index (χ4v) is 2.57. The molecule has 0 aliphatic carbocycles. The van der Waals surface area contributed by atoms with E-state index in [1.807, 2.05) is 0 Å². The van der Waals surface area contributed by atoms with Gasteiger partial charge in [-0.25, -0.2) is 4.39 Å². The molecule has 1 fully saturated rings. The highest BCUT2D eigenvalue weighted by molar-refractivity contribution is 7.80. The summed E-state index contributed by atoms with van der Waals surface area (Å²) in [5.41, 5.74) is 6.56. The van der Waals surface area contributed by atoms with Gasteiger partial charge in [0, 0.05) is 18.2 Å². The van der Waals surface area contributed by atoms with Gasteiger partial charge in [0.15, 0.2) is 0 Å². The molecule has 1 aliphatic rings. The lowest BCUT2D eigenvalue weighted by Gasteiger charge is -2.32. The second-order valence-electron chi connectivity index (χ2n) is 5.07. The van der Waals surface area contributed by atoms with Crippen LogP contribution in [-0.2, 0) is 0 Å². The van der Waals surface area contributed by atoms with Crippen LogP contribution in [0, 0.1) is 5.82 Å². The third kappa shape index (κ3) is 3.64. The van der Waals surface area contributed by atoms with Crippen molar-refractivity contribution in [3.8, 4) is 0 Å². The van der Waals surface area contributed by atoms with Gasteiger partial charge in [0.25, 0.3) is 0 Å². The van der Waals surface area contributed by atoms with Crippen LogP contribution in [0.1, 0.15) is 24.8 Å². The first-order valence-electron chi connectivity index (χ1n) is 6.61. The predicted octanol–water partition coefficient (Wildman–Crippen LogP) is 2.36. The molecule has 1 aliphatic heterocycles. The SMILES string of the molecule is CN1CCCCC1CNc1ccc(C(N)=S)cc1F. The first-order chi connectivity index (χ1) is 9.08. The molecule has 104 valence electrons. The predicted molar refractivity (Wildman–Crippen MR) is 81.0 cm³/mol. The Kier molecular flexibility index (Phi) is 4.71. The van der Waals surface area contributed by atoms with Gasteiger partial charge in [0.05, 0.1) is 5.69 Å². The van der Waals surface area contributed by atoms with Crippen LogP contribution in [0.25, 0.3) is 0 Å². The molecular weight excluding hydrogens is 261 g/mol. The monoisotopic (exact) mass is 281 g/mol. The van der Waals surface area contributed by atoms with Crippen molar-refractivity contribution >= 4 is 22.9 Å². The van der Waals surface area contributed by atoms with E-state index in [-0.39, 0.29) is 10.8 Å². The molecule has 1 aromatic carbocycles. The van der Waals surface area contributed by atoms with E-state index >= 15 is 0 Å². The lowest BCUT2D eigenvalue weighted by atomic mass is 10.0. The lowest BCUT2D eigenvalue weighted by Crippen LogP contribution is -2.40. The molecule has 1 aromatic rings. The van der Waals surface area contributed by atoms with Crippen molar-refractivity contribution in [2.45, 2.75) is 25.3 Å². The van der Waals surface area contributed by atoms with Gasteiger partial charge in [-0.3, -0.25) is 0 Å². The topological polar surface area (TPSA) is 41.3 Å². The van der Waals surface area contributed by atoms with Gasteiger partial charge in [0.1, 0.15) is 10.8 Å². The second kappa shape index (κ2) is 6.30. The highest BCUT2D eigenvalue weighted by Crippen LogP contribution is 2.19. The molecule has 2 rings (SSSR count). The molecule has 0 spiro atoms. The molecule has 3 N–H and O–H groups in total. The molecule has 1 unspecified atom stereocenters. The van der Waals surface area contributed by atoms with Crippen molar-refractivity contribution in [2.75, 3.05) is 25.5 Å². The standard InChI is InChI=1S/C14H20FN3S/c1-18-7-3-2-4-11(18)9-17-13-6-5-10(14(16)19)8-12(13)15/h5-6,8,11,17H,2-4,7,9H2,1H3,(H2,16,19). The molecule has 1 saturated heterocycles. The molecule has 1 heterocycles. The van der Waals surface area contributed by atoms with E-state index in [1.54, 1.807) is 12.1 Å². The molecule has 0 radical (unpaired) electrons. The summed E-state index contributed by atoms with van der Waals surface area (Å²) in [7, 11) is 2.12. The average molecular weight is 281 g/mol. The van der Waals surface area contributed by atoms with Gasteiger partial charge in [0.2, 0.25) is 0 Å². The number of thiocarbonyl (C=S) groups is 1. The van der Waals surface area contributed by atoms with Crippen LogP contribution >= 0.6 is 12.2 Å². The van der Waals surface area contributed by atoms with Gasteiger partial charge >= 0.3 is 0 Å². The second-order valence-corrected chi connectivity index (χ2v) is 5.51. The maximum atomic E-state index is 13.9. The summed E-state index contributed by atoms with van der Waals surface area (Å²) in [4.78, 5) is 2.55. The largest absolute Gasteiger partial charge is 0.389 e. The molecule has 5 heteroatoms. The summed E-state index contributed by atoms with van der Waals surface area (Å²) in [6, 6.07) is 5.31. The number of hydrogen-bond donors (Lipinski definition) is 2. The van der Waals surface area contributed by atoms with E-state index in [1.165, 1.54) is 18.9 Å². The van der Waals surface area contributed by atoms with Crippen molar-refractivity contribution in [1.82, 2.24) is 4.90 Å². The first kappa shape index (κ1) is 14.2. The third-order valence-electron chi connectivity index (χ3n) is 3.70. The van der Waals surface area contributed by atoms with E-state index in [0.29, 0.717) is 17.3 Å². The summed E-state index contributed by atoms with van der Waals surface area (Å²) in [5, 5.41) is 3.18. The number of nitrogens with two attached hydrogens (primary N) is 1. The van der Waals surface area contributed by atoms with Crippen LogP contribution in [0.5, 0.6) is 0 Å². The molecule has 0 aromatic heterocycles. The molecule has 3 nitrogen and oxygen atoms in total. The normalized spacial score (nSPS) is 20.2. The summed E-state index contributed by atoms with van der Waals surface area (Å²) in [6.07, 6.45) is 3.67. The molecule has 0 saturated carbocycles. The van der Waals surface area contributed by atoms with Crippen LogP contribution in [-0.4, -0.2) is 36.1 Å². The third-order valence-corrected chi connectivity index (χ3v) is 3.94. The highest BCUT2D eigenvalue weighted by Gasteiger charge is 2.18. The number of rotatable bonds is 4. The number of likely N-dealkylation sites (tertiary alicyclic amines) is 1. The number of piperidine rings is 1. The van der Waals surface area contributed by atoms with Crippen molar-refractivity contribution in [2.24, 2.45) is 5.73 Å². The quantitative estimate of drug-likeness (QED) is 0.831. The van der Waals surface area contributed by atoms with Crippen molar-refractivity contribution in [3.05, 3.63) is 29.6 Å². The minimum atomic E-state index is -0.302. The Hall–Kier alpha value is -1.20. The van der Waals surface area contributed by atoms with Crippen LogP contribution < -0.4 is 11.1 Å². The first-order valence-corrected chi connectivity index (χ1v) is 7.02. The maximum Gasteiger partial charge on any atom is 0.146 e. The fourth-order valence-electron chi connectivity index (χ4n) is 2.44. The van der Waals surface area contributed by atoms with E-state index in [9.17, 15) is 4.39 Å². The molecule has 19 heavy (non-hydrogen) atoms. The van der Waals surface area contributed by atoms with Crippen LogP contribution in [0.2, 0.25) is 0 Å². The fraction of sp³-hybridized carbons (Fsp3) is 0.500. The maximum absolute atomic E-state index is 13.9. The number of anilines is 1. The minimum Gasteiger partial charge on any atom is -0.389 e. The zero-order valence-electron chi connectivity index (χ0n) is 11.2. The van der Waals surface area contributed by atoms with E-state index in [0.717, 1.165) is 19.5 Å². The Morgan fingerprint density at radius 1 is 1.53 bits per heavy atom. The smallest absolute Gasteiger partial charge is 0.146 e. The molecule has 0 amide bonds. The Labute approximate surface area is 119 Å². The van der Waals surface area contributed by atoms with Crippen LogP contribution in [0.15, 0.2) is 18.2 Å². The molecular formula is C14H20FN3S. The highest BCUT2D eigenvalue weighted by atomic mass is 32.1.